The maximum Gasteiger partial charge on any atom is 0.265 e. The second kappa shape index (κ2) is 9.76. The highest BCUT2D eigenvalue weighted by Crippen LogP contribution is 2.32. The van der Waals surface area contributed by atoms with E-state index in [-0.39, 0.29) is 21.4 Å². The molecule has 13 heteroatoms. The van der Waals surface area contributed by atoms with E-state index in [2.05, 4.69) is 24.5 Å². The molecule has 2 aromatic carbocycles. The van der Waals surface area contributed by atoms with Gasteiger partial charge in [-0.1, -0.05) is 24.3 Å². The van der Waals surface area contributed by atoms with E-state index in [0.717, 1.165) is 0 Å². The Morgan fingerprint density at radius 1 is 0.838 bits per heavy atom. The number of hydrogen-bond donors (Lipinski definition) is 2. The van der Waals surface area contributed by atoms with Gasteiger partial charge in [-0.25, -0.2) is 36.2 Å². The first-order valence-corrected chi connectivity index (χ1v) is 14.7. The number of aryl methyl sites for hydroxylation is 1. The van der Waals surface area contributed by atoms with Crippen LogP contribution in [0, 0.1) is 6.92 Å². The van der Waals surface area contributed by atoms with Crippen molar-refractivity contribution in [2.75, 3.05) is 9.44 Å². The van der Waals surface area contributed by atoms with Crippen LogP contribution in [0.3, 0.4) is 0 Å². The molecule has 0 aliphatic carbocycles. The molecular formula is C24H20N6O4S3. The number of aromatic nitrogens is 4. The van der Waals surface area contributed by atoms with Gasteiger partial charge in [0, 0.05) is 17.6 Å². The molecule has 0 amide bonds. The van der Waals surface area contributed by atoms with Crippen LogP contribution in [0.5, 0.6) is 0 Å². The first kappa shape index (κ1) is 24.6. The third-order valence-electron chi connectivity index (χ3n) is 5.18. The van der Waals surface area contributed by atoms with Crippen molar-refractivity contribution in [1.29, 1.82) is 0 Å². The van der Waals surface area contributed by atoms with Crippen LogP contribution in [0.4, 0.5) is 11.6 Å². The van der Waals surface area contributed by atoms with Gasteiger partial charge in [0.2, 0.25) is 5.95 Å². The van der Waals surface area contributed by atoms with Crippen LogP contribution in [0.15, 0.2) is 100 Å². The van der Waals surface area contributed by atoms with Gasteiger partial charge in [0.1, 0.15) is 10.6 Å². The van der Waals surface area contributed by atoms with Crippen LogP contribution < -0.4 is 9.44 Å². The summed E-state index contributed by atoms with van der Waals surface area (Å²) in [5, 5.41) is 6.37. The summed E-state index contributed by atoms with van der Waals surface area (Å²) >= 11 is 1.38. The number of nitrogens with one attached hydrogen (secondary N) is 2. The zero-order valence-electron chi connectivity index (χ0n) is 19.3. The van der Waals surface area contributed by atoms with Crippen molar-refractivity contribution in [3.63, 3.8) is 0 Å². The summed E-state index contributed by atoms with van der Waals surface area (Å²) in [6, 6.07) is 19.8. The monoisotopic (exact) mass is 552 g/mol. The van der Waals surface area contributed by atoms with E-state index in [0.29, 0.717) is 22.0 Å². The van der Waals surface area contributed by atoms with Crippen molar-refractivity contribution >= 4 is 43.0 Å². The first-order chi connectivity index (χ1) is 17.7. The summed E-state index contributed by atoms with van der Waals surface area (Å²) in [6.07, 6.45) is 2.90. The zero-order chi connectivity index (χ0) is 26.0. The van der Waals surface area contributed by atoms with E-state index in [9.17, 15) is 16.8 Å². The average Bonchev–Trinajstić information content (AvgIpc) is 3.55. The molecule has 5 aromatic rings. The fraction of sp³-hybridized carbons (Fsp3) is 0.0417. The number of hydrogen-bond acceptors (Lipinski definition) is 8. The second-order valence-electron chi connectivity index (χ2n) is 7.86. The van der Waals surface area contributed by atoms with E-state index in [1.165, 1.54) is 52.7 Å². The Bertz CT molecular complexity index is 1750. The van der Waals surface area contributed by atoms with Gasteiger partial charge in [-0.15, -0.1) is 11.3 Å². The van der Waals surface area contributed by atoms with Gasteiger partial charge in [0.25, 0.3) is 20.0 Å². The molecule has 0 unspecified atom stereocenters. The molecule has 37 heavy (non-hydrogen) atoms. The lowest BCUT2D eigenvalue weighted by Crippen LogP contribution is -2.16. The molecule has 2 N–H and O–H groups in total. The molecule has 0 saturated carbocycles. The lowest BCUT2D eigenvalue weighted by molar-refractivity contribution is 0.600. The number of anilines is 2. The third kappa shape index (κ3) is 5.38. The van der Waals surface area contributed by atoms with Gasteiger partial charge in [-0.3, -0.25) is 4.72 Å². The molecule has 0 aliphatic rings. The summed E-state index contributed by atoms with van der Waals surface area (Å²) in [7, 11) is -8.04. The van der Waals surface area contributed by atoms with Crippen LogP contribution >= 0.6 is 11.3 Å². The van der Waals surface area contributed by atoms with Gasteiger partial charge in [0.05, 0.1) is 21.7 Å². The minimum atomic E-state index is -4.07. The number of benzene rings is 2. The van der Waals surface area contributed by atoms with E-state index in [4.69, 9.17) is 0 Å². The normalized spacial score (nSPS) is 11.8. The van der Waals surface area contributed by atoms with Crippen molar-refractivity contribution in [2.45, 2.75) is 16.7 Å². The first-order valence-electron chi connectivity index (χ1n) is 10.9. The Hall–Kier alpha value is -4.07. The Labute approximate surface area is 217 Å². The third-order valence-corrected chi connectivity index (χ3v) is 8.79. The number of rotatable bonds is 8. The molecule has 188 valence electrons. The molecule has 0 saturated heterocycles. The van der Waals surface area contributed by atoms with Gasteiger partial charge < -0.3 is 0 Å². The summed E-state index contributed by atoms with van der Waals surface area (Å²) in [4.78, 5) is 8.56. The number of thiophene rings is 1. The molecule has 5 rings (SSSR count). The molecule has 10 nitrogen and oxygen atoms in total. The standard InChI is InChI=1S/C24H20N6O4S3/c1-17-13-14-25-24(26-17)29-36(31,32)20-11-9-18(10-12-20)28-37(33,34)22-16-30(19-6-3-2-4-7-19)27-23(22)21-8-5-15-35-21/h2-16,28H,1H3,(H,25,26,29). The molecule has 0 aliphatic heterocycles. The van der Waals surface area contributed by atoms with Crippen molar-refractivity contribution in [2.24, 2.45) is 0 Å². The van der Waals surface area contributed by atoms with Gasteiger partial charge >= 0.3 is 0 Å². The van der Waals surface area contributed by atoms with Crippen LogP contribution in [0.25, 0.3) is 16.3 Å². The largest absolute Gasteiger partial charge is 0.280 e. The van der Waals surface area contributed by atoms with Crippen molar-refractivity contribution < 1.29 is 16.8 Å². The number of sulfonamides is 2. The highest BCUT2D eigenvalue weighted by atomic mass is 32.2. The molecule has 0 spiro atoms. The molecule has 0 atom stereocenters. The highest BCUT2D eigenvalue weighted by Gasteiger charge is 2.25. The second-order valence-corrected chi connectivity index (χ2v) is 12.1. The van der Waals surface area contributed by atoms with E-state index in [1.54, 1.807) is 19.1 Å². The van der Waals surface area contributed by atoms with E-state index in [1.807, 2.05) is 41.8 Å². The molecule has 3 aromatic heterocycles. The fourth-order valence-electron chi connectivity index (χ4n) is 3.44. The number of para-hydroxylation sites is 1. The topological polar surface area (TPSA) is 136 Å². The average molecular weight is 553 g/mol. The Morgan fingerprint density at radius 2 is 1.59 bits per heavy atom. The summed E-state index contributed by atoms with van der Waals surface area (Å²) in [6.45, 7) is 1.72. The molecular weight excluding hydrogens is 533 g/mol. The minimum Gasteiger partial charge on any atom is -0.280 e. The highest BCUT2D eigenvalue weighted by molar-refractivity contribution is 7.93. The Kier molecular flexibility index (Phi) is 6.50. The van der Waals surface area contributed by atoms with Crippen molar-refractivity contribution in [3.8, 4) is 16.3 Å². The quantitative estimate of drug-likeness (QED) is 0.293. The van der Waals surface area contributed by atoms with Crippen molar-refractivity contribution in [1.82, 2.24) is 19.7 Å². The van der Waals surface area contributed by atoms with Crippen LogP contribution in [0.1, 0.15) is 5.69 Å². The Balaban J connectivity index is 1.43. The maximum absolute atomic E-state index is 13.4. The maximum atomic E-state index is 13.4. The lowest BCUT2D eigenvalue weighted by atomic mass is 10.3. The van der Waals surface area contributed by atoms with Gasteiger partial charge in [0.15, 0.2) is 0 Å². The van der Waals surface area contributed by atoms with Gasteiger partial charge in [-0.05, 0) is 60.8 Å². The summed E-state index contributed by atoms with van der Waals surface area (Å²) < 4.78 is 58.6. The molecule has 0 bridgehead atoms. The number of nitrogens with zero attached hydrogens (tertiary/aromatic N) is 4. The molecule has 0 radical (unpaired) electrons. The van der Waals surface area contributed by atoms with Crippen LogP contribution in [-0.4, -0.2) is 36.6 Å². The predicted octanol–water partition coefficient (Wildman–Crippen LogP) is 4.30. The van der Waals surface area contributed by atoms with Crippen LogP contribution in [-0.2, 0) is 20.0 Å². The minimum absolute atomic E-state index is 0.00577. The fourth-order valence-corrected chi connectivity index (χ4v) is 6.38. The lowest BCUT2D eigenvalue weighted by Gasteiger charge is -2.10. The zero-order valence-corrected chi connectivity index (χ0v) is 21.8. The smallest absolute Gasteiger partial charge is 0.265 e. The van der Waals surface area contributed by atoms with E-state index >= 15 is 0 Å². The van der Waals surface area contributed by atoms with Gasteiger partial charge in [-0.2, -0.15) is 5.10 Å². The predicted molar refractivity (Wildman–Crippen MR) is 142 cm³/mol. The van der Waals surface area contributed by atoms with Crippen LogP contribution in [0.2, 0.25) is 0 Å². The van der Waals surface area contributed by atoms with Crippen molar-refractivity contribution in [3.05, 3.63) is 96.3 Å². The SMILES string of the molecule is Cc1ccnc(NS(=O)(=O)c2ccc(NS(=O)(=O)c3cn(-c4ccccc4)nc3-c3cccs3)cc2)n1. The Morgan fingerprint density at radius 3 is 2.27 bits per heavy atom. The van der Waals surface area contributed by atoms with E-state index < -0.39 is 20.0 Å². The molecule has 0 fully saturated rings. The molecule has 3 heterocycles. The summed E-state index contributed by atoms with van der Waals surface area (Å²) in [5.41, 5.74) is 1.82. The summed E-state index contributed by atoms with van der Waals surface area (Å²) in [5.74, 6) is -0.0543.